The van der Waals surface area contributed by atoms with Crippen molar-refractivity contribution in [3.63, 3.8) is 0 Å². The molecule has 0 spiro atoms. The highest BCUT2D eigenvalue weighted by molar-refractivity contribution is 5.75. The summed E-state index contributed by atoms with van der Waals surface area (Å²) >= 11 is 0. The van der Waals surface area contributed by atoms with Crippen LogP contribution in [0.25, 0.3) is 0 Å². The summed E-state index contributed by atoms with van der Waals surface area (Å²) in [5.74, 6) is -0.765. The molecule has 1 aromatic rings. The van der Waals surface area contributed by atoms with E-state index < -0.39 is 18.2 Å². The van der Waals surface area contributed by atoms with Gasteiger partial charge < -0.3 is 14.9 Å². The van der Waals surface area contributed by atoms with Gasteiger partial charge in [0.1, 0.15) is 6.10 Å². The summed E-state index contributed by atoms with van der Waals surface area (Å²) in [5.41, 5.74) is 1.15. The number of esters is 1. The lowest BCUT2D eigenvalue weighted by atomic mass is 10.1. The monoisotopic (exact) mass is 279 g/mol. The molecule has 110 valence electrons. The topological polar surface area (TPSA) is 69.8 Å². The van der Waals surface area contributed by atoms with Crippen LogP contribution in [0.5, 0.6) is 0 Å². The molecular weight excluding hydrogens is 258 g/mol. The summed E-state index contributed by atoms with van der Waals surface area (Å²) in [4.78, 5) is 13.5. The second-order valence-electron chi connectivity index (χ2n) is 5.04. The number of nitrogens with zero attached hydrogens (tertiary/aromatic N) is 1. The van der Waals surface area contributed by atoms with Crippen molar-refractivity contribution in [3.05, 3.63) is 35.9 Å². The molecule has 0 amide bonds. The number of aliphatic hydroxyl groups is 2. The van der Waals surface area contributed by atoms with Gasteiger partial charge in [0, 0.05) is 12.6 Å². The molecular formula is C15H21NO4. The molecule has 2 rings (SSSR count). The van der Waals surface area contributed by atoms with E-state index in [9.17, 15) is 15.0 Å². The molecule has 0 aliphatic carbocycles. The van der Waals surface area contributed by atoms with Gasteiger partial charge in [0.05, 0.1) is 12.6 Å². The maximum Gasteiger partial charge on any atom is 0.337 e. The van der Waals surface area contributed by atoms with Crippen LogP contribution in [0.2, 0.25) is 0 Å². The molecule has 1 unspecified atom stereocenters. The zero-order chi connectivity index (χ0) is 14.7. The van der Waals surface area contributed by atoms with Crippen molar-refractivity contribution in [2.24, 2.45) is 0 Å². The molecule has 0 bridgehead atoms. The number of rotatable bonds is 6. The summed E-state index contributed by atoms with van der Waals surface area (Å²) < 4.78 is 4.72. The molecule has 1 heterocycles. The van der Waals surface area contributed by atoms with Crippen LogP contribution < -0.4 is 0 Å². The lowest BCUT2D eigenvalue weighted by molar-refractivity contribution is -0.159. The molecule has 1 fully saturated rings. The van der Waals surface area contributed by atoms with Crippen molar-refractivity contribution in [2.75, 3.05) is 13.2 Å². The SMILES string of the molecule is CCOC(=O)[C@H](O)[C@@H](O)[C@H]1CN1[C@H](C)c1ccccc1. The van der Waals surface area contributed by atoms with Gasteiger partial charge in [0.2, 0.25) is 0 Å². The first-order chi connectivity index (χ1) is 9.56. The van der Waals surface area contributed by atoms with Gasteiger partial charge >= 0.3 is 5.97 Å². The average Bonchev–Trinajstić information content (AvgIpc) is 3.26. The van der Waals surface area contributed by atoms with Gasteiger partial charge in [0.15, 0.2) is 6.10 Å². The number of carbonyl (C=O) groups is 1. The summed E-state index contributed by atoms with van der Waals surface area (Å²) in [7, 11) is 0. The minimum atomic E-state index is -1.48. The van der Waals surface area contributed by atoms with E-state index in [1.807, 2.05) is 42.2 Å². The minimum absolute atomic E-state index is 0.144. The first-order valence-electron chi connectivity index (χ1n) is 6.89. The quantitative estimate of drug-likeness (QED) is 0.593. The Labute approximate surface area is 118 Å². The summed E-state index contributed by atoms with van der Waals surface area (Å²) in [6.07, 6.45) is -2.59. The summed E-state index contributed by atoms with van der Waals surface area (Å²) in [5, 5.41) is 19.8. The fourth-order valence-corrected chi connectivity index (χ4v) is 2.42. The van der Waals surface area contributed by atoms with E-state index in [1.54, 1.807) is 6.92 Å². The fraction of sp³-hybridized carbons (Fsp3) is 0.533. The Morgan fingerprint density at radius 3 is 2.65 bits per heavy atom. The van der Waals surface area contributed by atoms with E-state index >= 15 is 0 Å². The molecule has 0 saturated carbocycles. The van der Waals surface area contributed by atoms with E-state index in [-0.39, 0.29) is 18.7 Å². The van der Waals surface area contributed by atoms with Gasteiger partial charge in [-0.1, -0.05) is 30.3 Å². The third-order valence-corrected chi connectivity index (χ3v) is 3.72. The minimum Gasteiger partial charge on any atom is -0.464 e. The second-order valence-corrected chi connectivity index (χ2v) is 5.04. The summed E-state index contributed by atoms with van der Waals surface area (Å²) in [6.45, 7) is 4.56. The Morgan fingerprint density at radius 1 is 1.40 bits per heavy atom. The zero-order valence-electron chi connectivity index (χ0n) is 11.8. The normalized spacial score (nSPS) is 25.6. The highest BCUT2D eigenvalue weighted by Gasteiger charge is 2.47. The number of hydrogen-bond acceptors (Lipinski definition) is 5. The summed E-state index contributed by atoms with van der Waals surface area (Å²) in [6, 6.07) is 9.87. The van der Waals surface area contributed by atoms with Crippen LogP contribution in [0.1, 0.15) is 25.5 Å². The van der Waals surface area contributed by atoms with Crippen molar-refractivity contribution < 1.29 is 19.7 Å². The molecule has 1 aliphatic rings. The first kappa shape index (κ1) is 15.0. The predicted molar refractivity (Wildman–Crippen MR) is 74.0 cm³/mol. The zero-order valence-corrected chi connectivity index (χ0v) is 11.8. The Bertz CT molecular complexity index is 450. The van der Waals surface area contributed by atoms with Crippen molar-refractivity contribution in [1.82, 2.24) is 4.90 Å². The Morgan fingerprint density at radius 2 is 2.05 bits per heavy atom. The van der Waals surface area contributed by atoms with Gasteiger partial charge in [-0.05, 0) is 19.4 Å². The molecule has 0 aromatic heterocycles. The van der Waals surface area contributed by atoms with Gasteiger partial charge in [0.25, 0.3) is 0 Å². The largest absolute Gasteiger partial charge is 0.464 e. The van der Waals surface area contributed by atoms with E-state index in [0.29, 0.717) is 6.54 Å². The predicted octanol–water partition coefficient (Wildman–Crippen LogP) is 0.717. The van der Waals surface area contributed by atoms with Crippen LogP contribution in [0.3, 0.4) is 0 Å². The van der Waals surface area contributed by atoms with Crippen LogP contribution in [0.4, 0.5) is 0 Å². The van der Waals surface area contributed by atoms with Crippen molar-refractivity contribution >= 4 is 5.97 Å². The van der Waals surface area contributed by atoms with Crippen molar-refractivity contribution in [3.8, 4) is 0 Å². The van der Waals surface area contributed by atoms with Crippen LogP contribution in [0.15, 0.2) is 30.3 Å². The smallest absolute Gasteiger partial charge is 0.337 e. The second kappa shape index (κ2) is 6.35. The molecule has 1 saturated heterocycles. The van der Waals surface area contributed by atoms with Crippen LogP contribution in [-0.2, 0) is 9.53 Å². The maximum absolute atomic E-state index is 11.4. The van der Waals surface area contributed by atoms with Gasteiger partial charge in [-0.15, -0.1) is 0 Å². The Balaban J connectivity index is 1.92. The maximum atomic E-state index is 11.4. The standard InChI is InChI=1S/C15H21NO4/c1-3-20-15(19)14(18)13(17)12-9-16(12)10(2)11-7-5-4-6-8-11/h4-8,10,12-14,17-18H,3,9H2,1-2H3/t10-,12-,13+,14-,16?/m1/s1. The third-order valence-electron chi connectivity index (χ3n) is 3.72. The van der Waals surface area contributed by atoms with Crippen LogP contribution in [-0.4, -0.2) is 52.5 Å². The van der Waals surface area contributed by atoms with Gasteiger partial charge in [-0.3, -0.25) is 4.90 Å². The number of ether oxygens (including phenoxy) is 1. The molecule has 5 heteroatoms. The highest BCUT2D eigenvalue weighted by Crippen LogP contribution is 2.34. The number of hydrogen-bond donors (Lipinski definition) is 2. The van der Waals surface area contributed by atoms with Crippen molar-refractivity contribution in [2.45, 2.75) is 38.1 Å². The number of carbonyl (C=O) groups excluding carboxylic acids is 1. The number of benzene rings is 1. The third kappa shape index (κ3) is 3.17. The molecule has 5 atom stereocenters. The first-order valence-corrected chi connectivity index (χ1v) is 6.89. The van der Waals surface area contributed by atoms with E-state index in [4.69, 9.17) is 4.74 Å². The Kier molecular flexibility index (Phi) is 4.75. The van der Waals surface area contributed by atoms with Crippen LogP contribution in [0, 0.1) is 0 Å². The van der Waals surface area contributed by atoms with E-state index in [0.717, 1.165) is 5.56 Å². The average molecular weight is 279 g/mol. The molecule has 5 nitrogen and oxygen atoms in total. The molecule has 1 aliphatic heterocycles. The highest BCUT2D eigenvalue weighted by atomic mass is 16.5. The van der Waals surface area contributed by atoms with Gasteiger partial charge in [-0.2, -0.15) is 0 Å². The van der Waals surface area contributed by atoms with Gasteiger partial charge in [-0.25, -0.2) is 4.79 Å². The molecule has 2 N–H and O–H groups in total. The van der Waals surface area contributed by atoms with E-state index in [1.165, 1.54) is 0 Å². The molecule has 20 heavy (non-hydrogen) atoms. The van der Waals surface area contributed by atoms with Crippen molar-refractivity contribution in [1.29, 1.82) is 0 Å². The lowest BCUT2D eigenvalue weighted by Gasteiger charge is -2.19. The molecule has 0 radical (unpaired) electrons. The lowest BCUT2D eigenvalue weighted by Crippen LogP contribution is -2.40. The Hall–Kier alpha value is -1.43. The fourth-order valence-electron chi connectivity index (χ4n) is 2.42. The number of aliphatic hydroxyl groups excluding tert-OH is 2. The van der Waals surface area contributed by atoms with E-state index in [2.05, 4.69) is 0 Å². The molecule has 1 aromatic carbocycles. The van der Waals surface area contributed by atoms with Crippen LogP contribution >= 0.6 is 0 Å².